The quantitative estimate of drug-likeness (QED) is 0.877. The van der Waals surface area contributed by atoms with Gasteiger partial charge >= 0.3 is 5.97 Å². The van der Waals surface area contributed by atoms with Gasteiger partial charge in [0.05, 0.1) is 30.5 Å². The molecule has 22 heavy (non-hydrogen) atoms. The molecule has 116 valence electrons. The summed E-state index contributed by atoms with van der Waals surface area (Å²) >= 11 is 0. The maximum Gasteiger partial charge on any atom is 0.308 e. The van der Waals surface area contributed by atoms with E-state index >= 15 is 0 Å². The Morgan fingerprint density at radius 1 is 1.27 bits per heavy atom. The lowest BCUT2D eigenvalue weighted by Crippen LogP contribution is -2.19. The Morgan fingerprint density at radius 2 is 2.05 bits per heavy atom. The zero-order valence-electron chi connectivity index (χ0n) is 12.0. The zero-order chi connectivity index (χ0) is 15.7. The van der Waals surface area contributed by atoms with Gasteiger partial charge in [-0.1, -0.05) is 12.1 Å². The molecule has 0 spiro atoms. The fraction of sp³-hybridized carbons (Fsp3) is 0.267. The van der Waals surface area contributed by atoms with E-state index in [1.165, 1.54) is 10.2 Å². The number of para-hydroxylation sites is 1. The van der Waals surface area contributed by atoms with Crippen molar-refractivity contribution in [2.45, 2.75) is 24.3 Å². The lowest BCUT2D eigenvalue weighted by molar-refractivity contribution is -0.143. The van der Waals surface area contributed by atoms with Gasteiger partial charge in [-0.15, -0.1) is 0 Å². The van der Waals surface area contributed by atoms with Gasteiger partial charge in [-0.3, -0.25) is 4.79 Å². The summed E-state index contributed by atoms with van der Waals surface area (Å²) in [6.45, 7) is 2.03. The average Bonchev–Trinajstić information content (AvgIpc) is 2.94. The van der Waals surface area contributed by atoms with Gasteiger partial charge in [0.15, 0.2) is 0 Å². The van der Waals surface area contributed by atoms with E-state index in [2.05, 4.69) is 5.32 Å². The third-order valence-corrected chi connectivity index (χ3v) is 5.29. The second-order valence-electron chi connectivity index (χ2n) is 4.94. The molecular weight excluding hydrogens is 304 g/mol. The molecule has 0 aliphatic carbocycles. The molecule has 1 atom stereocenters. The molecule has 1 aromatic carbocycles. The minimum Gasteiger partial charge on any atom is -0.466 e. The predicted octanol–water partition coefficient (Wildman–Crippen LogP) is 2.14. The van der Waals surface area contributed by atoms with E-state index in [9.17, 15) is 13.2 Å². The van der Waals surface area contributed by atoms with Crippen LogP contribution in [0.1, 0.15) is 25.1 Å². The number of rotatable bonds is 3. The number of nitrogens with zero attached hydrogens (tertiary/aromatic N) is 1. The van der Waals surface area contributed by atoms with E-state index in [4.69, 9.17) is 4.74 Å². The van der Waals surface area contributed by atoms with Gasteiger partial charge in [-0.25, -0.2) is 12.4 Å². The summed E-state index contributed by atoms with van der Waals surface area (Å²) in [7, 11) is -3.67. The molecule has 2 heterocycles. The van der Waals surface area contributed by atoms with Crippen molar-refractivity contribution in [2.24, 2.45) is 0 Å². The van der Waals surface area contributed by atoms with E-state index in [-0.39, 0.29) is 17.3 Å². The van der Waals surface area contributed by atoms with Crippen LogP contribution in [0, 0.1) is 0 Å². The maximum absolute atomic E-state index is 12.7. The van der Waals surface area contributed by atoms with Gasteiger partial charge in [0.25, 0.3) is 10.0 Å². The number of ether oxygens (including phenoxy) is 1. The second kappa shape index (κ2) is 5.49. The summed E-state index contributed by atoms with van der Waals surface area (Å²) < 4.78 is 31.7. The third-order valence-electron chi connectivity index (χ3n) is 3.53. The Labute approximate surface area is 128 Å². The molecule has 1 aliphatic heterocycles. The number of hydrogen-bond donors (Lipinski definition) is 1. The Balaban J connectivity index is 2.10. The van der Waals surface area contributed by atoms with Crippen molar-refractivity contribution in [1.29, 1.82) is 0 Å². The predicted molar refractivity (Wildman–Crippen MR) is 81.1 cm³/mol. The first-order chi connectivity index (χ1) is 10.5. The summed E-state index contributed by atoms with van der Waals surface area (Å²) in [6, 6.07) is 9.55. The Kier molecular flexibility index (Phi) is 3.66. The molecule has 0 saturated carbocycles. The van der Waals surface area contributed by atoms with Crippen LogP contribution in [0.3, 0.4) is 0 Å². The lowest BCUT2D eigenvalue weighted by Gasteiger charge is -2.17. The topological polar surface area (TPSA) is 77.4 Å². The van der Waals surface area contributed by atoms with Crippen LogP contribution in [0.4, 0.5) is 5.69 Å². The van der Waals surface area contributed by atoms with E-state index in [1.807, 2.05) is 0 Å². The second-order valence-corrected chi connectivity index (χ2v) is 6.72. The van der Waals surface area contributed by atoms with Crippen LogP contribution in [-0.4, -0.2) is 25.0 Å². The average molecular weight is 320 g/mol. The summed E-state index contributed by atoms with van der Waals surface area (Å²) in [4.78, 5) is 12.0. The molecule has 0 fully saturated rings. The first-order valence-electron chi connectivity index (χ1n) is 6.98. The van der Waals surface area contributed by atoms with Crippen molar-refractivity contribution < 1.29 is 17.9 Å². The molecule has 0 amide bonds. The fourth-order valence-corrected chi connectivity index (χ4v) is 4.15. The number of carbonyl (C=O) groups excluding carboxylic acids is 1. The Bertz CT molecular complexity index is 810. The van der Waals surface area contributed by atoms with Gasteiger partial charge < -0.3 is 10.1 Å². The van der Waals surface area contributed by atoms with E-state index in [0.717, 1.165) is 0 Å². The van der Waals surface area contributed by atoms with E-state index < -0.39 is 16.1 Å². The van der Waals surface area contributed by atoms with Gasteiger partial charge in [-0.2, -0.15) is 0 Å². The largest absolute Gasteiger partial charge is 0.466 e. The number of anilines is 1. The standard InChI is InChI=1S/C15H16N2O4S/c1-2-21-15(18)10-12-13-7-5-9-17(13)22(19,20)14-8-4-3-6-11(14)16-12/h3-9,12,16H,2,10H2,1H3/t12-/m0/s1. The smallest absolute Gasteiger partial charge is 0.308 e. The van der Waals surface area contributed by atoms with Crippen LogP contribution < -0.4 is 5.32 Å². The van der Waals surface area contributed by atoms with Gasteiger partial charge in [0, 0.05) is 6.20 Å². The minimum absolute atomic E-state index is 0.0572. The van der Waals surface area contributed by atoms with Crippen molar-refractivity contribution in [3.63, 3.8) is 0 Å². The molecule has 0 bridgehead atoms. The molecule has 0 saturated heterocycles. The summed E-state index contributed by atoms with van der Waals surface area (Å²) in [5, 5.41) is 3.15. The first kappa shape index (κ1) is 14.6. The molecular formula is C15H16N2O4S. The summed E-state index contributed by atoms with van der Waals surface area (Å²) in [5.41, 5.74) is 1.00. The highest BCUT2D eigenvalue weighted by molar-refractivity contribution is 7.90. The highest BCUT2D eigenvalue weighted by Crippen LogP contribution is 2.34. The molecule has 0 unspecified atom stereocenters. The van der Waals surface area contributed by atoms with Crippen LogP contribution >= 0.6 is 0 Å². The molecule has 3 rings (SSSR count). The van der Waals surface area contributed by atoms with Crippen molar-refractivity contribution in [3.05, 3.63) is 48.3 Å². The first-order valence-corrected chi connectivity index (χ1v) is 8.42. The van der Waals surface area contributed by atoms with Crippen LogP contribution in [0.5, 0.6) is 0 Å². The number of hydrogen-bond acceptors (Lipinski definition) is 5. The minimum atomic E-state index is -3.67. The van der Waals surface area contributed by atoms with Crippen molar-refractivity contribution in [1.82, 2.24) is 3.97 Å². The fourth-order valence-electron chi connectivity index (χ4n) is 2.59. The van der Waals surface area contributed by atoms with Crippen molar-refractivity contribution in [2.75, 3.05) is 11.9 Å². The van der Waals surface area contributed by atoms with Gasteiger partial charge in [0.1, 0.15) is 4.90 Å². The SMILES string of the molecule is CCOC(=O)C[C@@H]1Nc2ccccc2S(=O)(=O)n2cccc21. The summed E-state index contributed by atoms with van der Waals surface area (Å²) in [5.74, 6) is -0.371. The number of esters is 1. The van der Waals surface area contributed by atoms with E-state index in [1.54, 1.807) is 43.3 Å². The maximum atomic E-state index is 12.7. The molecule has 1 aliphatic rings. The molecule has 1 N–H and O–H groups in total. The van der Waals surface area contributed by atoms with Gasteiger partial charge in [0.2, 0.25) is 0 Å². The molecule has 7 heteroatoms. The monoisotopic (exact) mass is 320 g/mol. The summed E-state index contributed by atoms with van der Waals surface area (Å²) in [6.07, 6.45) is 1.55. The van der Waals surface area contributed by atoms with Crippen molar-refractivity contribution in [3.8, 4) is 0 Å². The van der Waals surface area contributed by atoms with Crippen LogP contribution in [0.2, 0.25) is 0 Å². The van der Waals surface area contributed by atoms with Crippen LogP contribution in [0.25, 0.3) is 0 Å². The third kappa shape index (κ3) is 2.37. The highest BCUT2D eigenvalue weighted by Gasteiger charge is 2.31. The molecule has 6 nitrogen and oxygen atoms in total. The Hall–Kier alpha value is -2.28. The van der Waals surface area contributed by atoms with E-state index in [0.29, 0.717) is 18.0 Å². The molecule has 2 aromatic rings. The Morgan fingerprint density at radius 3 is 2.82 bits per heavy atom. The molecule has 1 aromatic heterocycles. The van der Waals surface area contributed by atoms with Crippen LogP contribution in [-0.2, 0) is 19.6 Å². The zero-order valence-corrected chi connectivity index (χ0v) is 12.8. The number of aromatic nitrogens is 1. The number of nitrogens with one attached hydrogen (secondary N) is 1. The number of fused-ring (bicyclic) bond motifs is 2. The normalized spacial score (nSPS) is 18.5. The lowest BCUT2D eigenvalue weighted by atomic mass is 10.1. The number of benzene rings is 1. The number of carbonyl (C=O) groups is 1. The van der Waals surface area contributed by atoms with Crippen LogP contribution in [0.15, 0.2) is 47.5 Å². The highest BCUT2D eigenvalue weighted by atomic mass is 32.2. The molecule has 0 radical (unpaired) electrons. The van der Waals surface area contributed by atoms with Gasteiger partial charge in [-0.05, 0) is 31.2 Å². The van der Waals surface area contributed by atoms with Crippen molar-refractivity contribution >= 4 is 21.7 Å².